The van der Waals surface area contributed by atoms with Crippen molar-refractivity contribution in [3.63, 3.8) is 0 Å². The summed E-state index contributed by atoms with van der Waals surface area (Å²) in [5, 5.41) is 19.3. The van der Waals surface area contributed by atoms with Gasteiger partial charge in [-0.05, 0) is 73.5 Å². The standard InChI is InChI=1S/C26H27N3O5/c1-3-4-5-6-17-33-23-13-9-21(10-14-23)27-28-25-16-15-24(18-19(25)2)34-26(30)20-7-11-22(12-8-20)29(31)32/h7-16,18H,3-6,17H2,1-2H3. The highest BCUT2D eigenvalue weighted by Crippen LogP contribution is 2.27. The van der Waals surface area contributed by atoms with Gasteiger partial charge in [0.05, 0.1) is 28.5 Å². The van der Waals surface area contributed by atoms with Crippen molar-refractivity contribution in [1.82, 2.24) is 0 Å². The number of azo groups is 1. The van der Waals surface area contributed by atoms with Crippen LogP contribution in [-0.2, 0) is 0 Å². The van der Waals surface area contributed by atoms with Crippen molar-refractivity contribution in [1.29, 1.82) is 0 Å². The molecule has 0 aliphatic carbocycles. The van der Waals surface area contributed by atoms with Crippen LogP contribution >= 0.6 is 0 Å². The second-order valence-corrected chi connectivity index (χ2v) is 7.74. The van der Waals surface area contributed by atoms with Gasteiger partial charge >= 0.3 is 5.97 Å². The molecule has 8 heteroatoms. The molecule has 3 rings (SSSR count). The molecule has 0 aliphatic rings. The first-order chi connectivity index (χ1) is 16.5. The molecule has 0 bridgehead atoms. The molecule has 3 aromatic rings. The Hall–Kier alpha value is -4.07. The molecule has 3 aromatic carbocycles. The van der Waals surface area contributed by atoms with Crippen molar-refractivity contribution in [2.75, 3.05) is 6.61 Å². The molecule has 0 atom stereocenters. The van der Waals surface area contributed by atoms with Crippen LogP contribution in [0.3, 0.4) is 0 Å². The highest BCUT2D eigenvalue weighted by atomic mass is 16.6. The Bertz CT molecular complexity index is 1140. The van der Waals surface area contributed by atoms with Crippen LogP contribution in [0.4, 0.5) is 17.1 Å². The average Bonchev–Trinajstić information content (AvgIpc) is 2.84. The Labute approximate surface area is 198 Å². The predicted octanol–water partition coefficient (Wildman–Crippen LogP) is 7.50. The van der Waals surface area contributed by atoms with E-state index in [1.54, 1.807) is 18.2 Å². The average molecular weight is 462 g/mol. The molecule has 0 amide bonds. The van der Waals surface area contributed by atoms with Crippen LogP contribution in [-0.4, -0.2) is 17.5 Å². The van der Waals surface area contributed by atoms with Crippen LogP contribution in [0.2, 0.25) is 0 Å². The number of hydrogen-bond donors (Lipinski definition) is 0. The van der Waals surface area contributed by atoms with Crippen molar-refractivity contribution < 1.29 is 19.2 Å². The molecule has 8 nitrogen and oxygen atoms in total. The second-order valence-electron chi connectivity index (χ2n) is 7.74. The smallest absolute Gasteiger partial charge is 0.343 e. The van der Waals surface area contributed by atoms with Gasteiger partial charge in [-0.15, -0.1) is 0 Å². The van der Waals surface area contributed by atoms with E-state index in [2.05, 4.69) is 17.2 Å². The van der Waals surface area contributed by atoms with Crippen LogP contribution in [0, 0.1) is 17.0 Å². The highest BCUT2D eigenvalue weighted by Gasteiger charge is 2.12. The molecule has 0 radical (unpaired) electrons. The van der Waals surface area contributed by atoms with Gasteiger partial charge in [0, 0.05) is 12.1 Å². The van der Waals surface area contributed by atoms with Gasteiger partial charge in [0.25, 0.3) is 5.69 Å². The van der Waals surface area contributed by atoms with E-state index in [9.17, 15) is 14.9 Å². The number of benzene rings is 3. The zero-order chi connectivity index (χ0) is 24.3. The van der Waals surface area contributed by atoms with E-state index < -0.39 is 10.9 Å². The van der Waals surface area contributed by atoms with E-state index in [0.29, 0.717) is 23.7 Å². The molecule has 0 spiro atoms. The van der Waals surface area contributed by atoms with Crippen LogP contribution in [0.5, 0.6) is 11.5 Å². The summed E-state index contributed by atoms with van der Waals surface area (Å²) in [6.07, 6.45) is 4.66. The fourth-order valence-electron chi connectivity index (χ4n) is 3.13. The topological polar surface area (TPSA) is 103 Å². The fraction of sp³-hybridized carbons (Fsp3) is 0.269. The number of nitrogens with zero attached hydrogens (tertiary/aromatic N) is 3. The summed E-state index contributed by atoms with van der Waals surface area (Å²) in [5.74, 6) is 0.558. The molecular weight excluding hydrogens is 434 g/mol. The van der Waals surface area contributed by atoms with E-state index in [-0.39, 0.29) is 11.3 Å². The van der Waals surface area contributed by atoms with E-state index in [1.807, 2.05) is 31.2 Å². The largest absolute Gasteiger partial charge is 0.494 e. The number of carbonyl (C=O) groups excluding carboxylic acids is 1. The summed E-state index contributed by atoms with van der Waals surface area (Å²) in [6, 6.07) is 17.7. The van der Waals surface area contributed by atoms with E-state index >= 15 is 0 Å². The first kappa shape index (κ1) is 24.6. The lowest BCUT2D eigenvalue weighted by Gasteiger charge is -2.07. The Morgan fingerprint density at radius 2 is 1.62 bits per heavy atom. The Balaban J connectivity index is 1.56. The maximum absolute atomic E-state index is 12.3. The van der Waals surface area contributed by atoms with Gasteiger partial charge in [0.1, 0.15) is 11.5 Å². The quantitative estimate of drug-likeness (QED) is 0.0734. The first-order valence-electron chi connectivity index (χ1n) is 11.2. The number of nitro groups is 1. The number of unbranched alkanes of at least 4 members (excludes halogenated alkanes) is 3. The molecule has 34 heavy (non-hydrogen) atoms. The van der Waals surface area contributed by atoms with Gasteiger partial charge in [-0.1, -0.05) is 26.2 Å². The predicted molar refractivity (Wildman–Crippen MR) is 129 cm³/mol. The number of ether oxygens (including phenoxy) is 2. The van der Waals surface area contributed by atoms with Crippen molar-refractivity contribution in [2.45, 2.75) is 39.5 Å². The summed E-state index contributed by atoms with van der Waals surface area (Å²) in [6.45, 7) is 4.73. The number of aryl methyl sites for hydroxylation is 1. The second kappa shape index (κ2) is 12.2. The van der Waals surface area contributed by atoms with Crippen molar-refractivity contribution in [2.24, 2.45) is 10.2 Å². The van der Waals surface area contributed by atoms with Crippen LogP contribution in [0.15, 0.2) is 77.0 Å². The minimum absolute atomic E-state index is 0.0910. The van der Waals surface area contributed by atoms with Gasteiger partial charge in [-0.25, -0.2) is 4.79 Å². The monoisotopic (exact) mass is 461 g/mol. The van der Waals surface area contributed by atoms with Gasteiger partial charge in [-0.3, -0.25) is 10.1 Å². The minimum Gasteiger partial charge on any atom is -0.494 e. The maximum atomic E-state index is 12.3. The highest BCUT2D eigenvalue weighted by molar-refractivity contribution is 5.91. The molecule has 0 unspecified atom stereocenters. The summed E-state index contributed by atoms with van der Waals surface area (Å²) in [7, 11) is 0. The molecule has 0 heterocycles. The van der Waals surface area contributed by atoms with Gasteiger partial charge < -0.3 is 9.47 Å². The van der Waals surface area contributed by atoms with Gasteiger partial charge in [0.15, 0.2) is 0 Å². The zero-order valence-electron chi connectivity index (χ0n) is 19.3. The molecule has 0 aromatic heterocycles. The molecule has 176 valence electrons. The Morgan fingerprint density at radius 1 is 0.912 bits per heavy atom. The Kier molecular flexibility index (Phi) is 8.85. The number of non-ortho nitro benzene ring substituents is 1. The summed E-state index contributed by atoms with van der Waals surface area (Å²) >= 11 is 0. The van der Waals surface area contributed by atoms with Gasteiger partial charge in [-0.2, -0.15) is 10.2 Å². The molecule has 0 N–H and O–H groups in total. The normalized spacial score (nSPS) is 10.9. The third-order valence-corrected chi connectivity index (χ3v) is 5.07. The number of rotatable bonds is 11. The summed E-state index contributed by atoms with van der Waals surface area (Å²) in [5.41, 5.74) is 2.26. The number of esters is 1. The maximum Gasteiger partial charge on any atom is 0.343 e. The van der Waals surface area contributed by atoms with E-state index in [1.165, 1.54) is 43.5 Å². The molecule has 0 saturated carbocycles. The van der Waals surface area contributed by atoms with Crippen LogP contribution in [0.25, 0.3) is 0 Å². The van der Waals surface area contributed by atoms with E-state index in [4.69, 9.17) is 9.47 Å². The van der Waals surface area contributed by atoms with Gasteiger partial charge in [0.2, 0.25) is 0 Å². The molecule has 0 saturated heterocycles. The lowest BCUT2D eigenvalue weighted by atomic mass is 10.2. The molecule has 0 aliphatic heterocycles. The zero-order valence-corrected chi connectivity index (χ0v) is 19.3. The summed E-state index contributed by atoms with van der Waals surface area (Å²) in [4.78, 5) is 22.5. The minimum atomic E-state index is -0.601. The number of carbonyl (C=O) groups is 1. The van der Waals surface area contributed by atoms with Crippen LogP contribution in [0.1, 0.15) is 48.5 Å². The van der Waals surface area contributed by atoms with Crippen molar-refractivity contribution in [3.8, 4) is 11.5 Å². The van der Waals surface area contributed by atoms with Crippen molar-refractivity contribution in [3.05, 3.63) is 88.0 Å². The third-order valence-electron chi connectivity index (χ3n) is 5.07. The number of nitro benzene ring substituents is 1. The fourth-order valence-corrected chi connectivity index (χ4v) is 3.13. The Morgan fingerprint density at radius 3 is 2.26 bits per heavy atom. The first-order valence-corrected chi connectivity index (χ1v) is 11.2. The lowest BCUT2D eigenvalue weighted by Crippen LogP contribution is -2.08. The van der Waals surface area contributed by atoms with Crippen LogP contribution < -0.4 is 9.47 Å². The third kappa shape index (κ3) is 7.23. The molecule has 0 fully saturated rings. The number of hydrogen-bond acceptors (Lipinski definition) is 7. The summed E-state index contributed by atoms with van der Waals surface area (Å²) < 4.78 is 11.1. The van der Waals surface area contributed by atoms with Crippen molar-refractivity contribution >= 4 is 23.0 Å². The SMILES string of the molecule is CCCCCCOc1ccc(N=Nc2ccc(OC(=O)c3ccc([N+](=O)[O-])cc3)cc2C)cc1. The molecular formula is C26H27N3O5. The van der Waals surface area contributed by atoms with E-state index in [0.717, 1.165) is 17.7 Å². The lowest BCUT2D eigenvalue weighted by molar-refractivity contribution is -0.384.